The predicted molar refractivity (Wildman–Crippen MR) is 267 cm³/mol. The number of carbonyl (C=O) groups excluding carboxylic acids is 3. The molecule has 8 nitrogen and oxygen atoms in total. The van der Waals surface area contributed by atoms with Crippen LogP contribution in [0.3, 0.4) is 0 Å². The van der Waals surface area contributed by atoms with Crippen LogP contribution >= 0.6 is 15.9 Å². The molecule has 3 saturated carbocycles. The van der Waals surface area contributed by atoms with Crippen molar-refractivity contribution in [1.29, 1.82) is 0 Å². The minimum absolute atomic E-state index is 0.00523. The van der Waals surface area contributed by atoms with Crippen LogP contribution in [0.25, 0.3) is 10.8 Å². The molecule has 1 unspecified atom stereocenters. The molecule has 0 amide bonds. The van der Waals surface area contributed by atoms with Crippen LogP contribution in [0.5, 0.6) is 5.75 Å². The van der Waals surface area contributed by atoms with Crippen molar-refractivity contribution in [1.82, 2.24) is 4.98 Å². The number of hydrogen-bond donors (Lipinski definition) is 2. The van der Waals surface area contributed by atoms with Crippen LogP contribution in [0.15, 0.2) is 40.2 Å². The number of allylic oxidation sites excluding steroid dienone is 3. The Morgan fingerprint density at radius 3 is 1.48 bits per heavy atom. The molecular weight excluding hydrogens is 886 g/mol. The molecule has 3 aromatic carbocycles. The third-order valence-corrected chi connectivity index (χ3v) is 13.0. The highest BCUT2D eigenvalue weighted by molar-refractivity contribution is 9.10. The zero-order valence-electron chi connectivity index (χ0n) is 41.9. The van der Waals surface area contributed by atoms with Crippen LogP contribution in [0.1, 0.15) is 166 Å². The monoisotopic (exact) mass is 957 g/mol. The number of aromatic carboxylic acids is 1. The molecule has 1 aromatic heterocycles. The normalized spacial score (nSPS) is 14.7. The topological polar surface area (TPSA) is 131 Å². The van der Waals surface area contributed by atoms with E-state index in [0.717, 1.165) is 72.1 Å². The van der Waals surface area contributed by atoms with Crippen LogP contribution in [0.2, 0.25) is 0 Å². The van der Waals surface area contributed by atoms with Crippen molar-refractivity contribution in [2.45, 2.75) is 162 Å². The van der Waals surface area contributed by atoms with Gasteiger partial charge in [-0.05, 0) is 199 Å². The van der Waals surface area contributed by atoms with Gasteiger partial charge in [-0.2, -0.15) is 0 Å². The number of nitrogens with zero attached hydrogens (tertiary/aromatic N) is 1. The molecule has 10 heteroatoms. The summed E-state index contributed by atoms with van der Waals surface area (Å²) >= 11 is 3.28. The van der Waals surface area contributed by atoms with E-state index in [9.17, 15) is 28.7 Å². The van der Waals surface area contributed by atoms with Crippen molar-refractivity contribution < 1.29 is 38.5 Å². The van der Waals surface area contributed by atoms with Gasteiger partial charge in [0.15, 0.2) is 11.6 Å². The minimum Gasteiger partial charge on any atom is -0.506 e. The Balaban J connectivity index is 0.000000278. The molecule has 4 aromatic rings. The Morgan fingerprint density at radius 1 is 0.646 bits per heavy atom. The Hall–Kier alpha value is -4.96. The highest BCUT2D eigenvalue weighted by Gasteiger charge is 2.26. The van der Waals surface area contributed by atoms with Gasteiger partial charge >= 0.3 is 5.97 Å². The fourth-order valence-electron chi connectivity index (χ4n) is 6.95. The number of pyridine rings is 1. The molecule has 4 aliphatic rings. The first kappa shape index (κ1) is 56.2. The lowest BCUT2D eigenvalue weighted by Crippen LogP contribution is -2.21. The fraction of sp³-hybridized carbons (Fsp3) is 0.473. The standard InChI is InChI=1S/C13H14FN.C12H16O2.C11H13BrO2.C10H12O3.3C3H6/c1-7-8(2)13(14)9(3)12-10(4)15-6-5-11(7)12;1-6-7(2)9(4)11(12(13)14)10(5)8(6)3;1-5-6(2)9(8(4)13)11(14)10(12)7(5)3;1-6-4-8(12)5-9(13-3)10(6)7(2)11;3*1-2-3-1/h5-6H,1-4H3;1-5H3,(H,13,14);14H,1-4H3;4-5,10H,1-3H3;3*1-3H2. The Bertz CT molecular complexity index is 2310. The third-order valence-electron chi connectivity index (χ3n) is 12.1. The van der Waals surface area contributed by atoms with Gasteiger partial charge in [-0.15, -0.1) is 0 Å². The van der Waals surface area contributed by atoms with E-state index in [-0.39, 0.29) is 34.8 Å². The molecule has 8 rings (SSSR count). The number of Topliss-reactive ketones (excluding diaryl/α,β-unsaturated/α-hetero) is 2. The average molecular weight is 959 g/mol. The number of phenols is 1. The summed E-state index contributed by atoms with van der Waals surface area (Å²) in [5.41, 5.74) is 13.0. The first-order valence-corrected chi connectivity index (χ1v) is 23.4. The number of halogens is 2. The maximum Gasteiger partial charge on any atom is 0.336 e. The maximum atomic E-state index is 13.9. The summed E-state index contributed by atoms with van der Waals surface area (Å²) in [5, 5.41) is 20.9. The molecule has 1 atom stereocenters. The molecular formula is C55H73BrFNO7. The largest absolute Gasteiger partial charge is 0.506 e. The van der Waals surface area contributed by atoms with E-state index in [2.05, 4.69) is 20.9 Å². The molecule has 0 aliphatic heterocycles. The number of carboxylic acids is 1. The SMILES string of the molecule is C1CC1.C1CC1.C1CC1.CC(=O)c1c(C)c(C)c(C)c(Br)c1O.COC1=CC(=O)C=C(C)C1C(C)=O.Cc1c(C)c(C)c(C(=O)O)c(C)c1C.Cc1c(F)c(C)c2c(C)nccc2c1C. The molecule has 65 heavy (non-hydrogen) atoms. The number of hydrogen-bond acceptors (Lipinski definition) is 7. The summed E-state index contributed by atoms with van der Waals surface area (Å²) in [7, 11) is 1.47. The van der Waals surface area contributed by atoms with Gasteiger partial charge in [-0.3, -0.25) is 19.4 Å². The molecule has 0 radical (unpaired) electrons. The van der Waals surface area contributed by atoms with Crippen molar-refractivity contribution in [3.05, 3.63) is 124 Å². The van der Waals surface area contributed by atoms with Gasteiger partial charge in [-0.25, -0.2) is 9.18 Å². The second-order valence-corrected chi connectivity index (χ2v) is 18.3. The number of aryl methyl sites for hydroxylation is 3. The van der Waals surface area contributed by atoms with Crippen LogP contribution in [-0.4, -0.2) is 45.6 Å². The summed E-state index contributed by atoms with van der Waals surface area (Å²) in [6, 6.07) is 1.96. The second kappa shape index (κ2) is 25.7. The van der Waals surface area contributed by atoms with E-state index in [1.165, 1.54) is 96.5 Å². The first-order valence-electron chi connectivity index (χ1n) is 22.6. The number of ether oxygens (including phenoxy) is 1. The van der Waals surface area contributed by atoms with Crippen molar-refractivity contribution >= 4 is 50.0 Å². The van der Waals surface area contributed by atoms with Gasteiger partial charge in [0.05, 0.1) is 28.6 Å². The summed E-state index contributed by atoms with van der Waals surface area (Å²) in [6.07, 6.45) is 18.1. The maximum absolute atomic E-state index is 13.9. The number of aromatic nitrogens is 1. The number of benzene rings is 3. The molecule has 354 valence electrons. The van der Waals surface area contributed by atoms with Crippen molar-refractivity contribution in [3.8, 4) is 5.75 Å². The van der Waals surface area contributed by atoms with E-state index < -0.39 is 5.97 Å². The Morgan fingerprint density at radius 2 is 1.08 bits per heavy atom. The number of carbonyl (C=O) groups is 4. The van der Waals surface area contributed by atoms with E-state index in [4.69, 9.17) is 9.84 Å². The van der Waals surface area contributed by atoms with Gasteiger partial charge < -0.3 is 14.9 Å². The predicted octanol–water partition coefficient (Wildman–Crippen LogP) is 14.6. The first-order chi connectivity index (χ1) is 30.3. The number of ketones is 3. The lowest BCUT2D eigenvalue weighted by molar-refractivity contribution is -0.119. The number of fused-ring (bicyclic) bond motifs is 1. The smallest absolute Gasteiger partial charge is 0.336 e. The second-order valence-electron chi connectivity index (χ2n) is 17.5. The molecule has 0 spiro atoms. The quantitative estimate of drug-likeness (QED) is 0.193. The van der Waals surface area contributed by atoms with Crippen LogP contribution in [0, 0.1) is 94.8 Å². The van der Waals surface area contributed by atoms with Gasteiger partial charge in [0.25, 0.3) is 0 Å². The Kier molecular flexibility index (Phi) is 22.2. The molecule has 0 bridgehead atoms. The number of phenolic OH excluding ortho intramolecular Hbond substituents is 1. The highest BCUT2D eigenvalue weighted by Crippen LogP contribution is 2.36. The fourth-order valence-corrected chi connectivity index (χ4v) is 7.45. The van der Waals surface area contributed by atoms with Gasteiger partial charge in [0.2, 0.25) is 0 Å². The van der Waals surface area contributed by atoms with Crippen LogP contribution in [-0.2, 0) is 14.3 Å². The lowest BCUT2D eigenvalue weighted by atomic mass is 9.89. The van der Waals surface area contributed by atoms with Crippen molar-refractivity contribution in [2.75, 3.05) is 7.11 Å². The molecule has 3 fully saturated rings. The highest BCUT2D eigenvalue weighted by atomic mass is 79.9. The number of methoxy groups -OCH3 is 1. The number of aromatic hydroxyl groups is 1. The zero-order chi connectivity index (χ0) is 49.6. The summed E-state index contributed by atoms with van der Waals surface area (Å²) < 4.78 is 19.5. The van der Waals surface area contributed by atoms with Gasteiger partial charge in [0.1, 0.15) is 23.1 Å². The van der Waals surface area contributed by atoms with E-state index in [1.54, 1.807) is 13.1 Å². The van der Waals surface area contributed by atoms with Gasteiger partial charge in [0, 0.05) is 23.4 Å². The summed E-state index contributed by atoms with van der Waals surface area (Å²) in [4.78, 5) is 48.9. The summed E-state index contributed by atoms with van der Waals surface area (Å²) in [6.45, 7) is 27.7. The summed E-state index contributed by atoms with van der Waals surface area (Å²) in [5.74, 6) is -1.04. The average Bonchev–Trinajstić information content (AvgIpc) is 4.05. The third kappa shape index (κ3) is 15.9. The molecule has 1 heterocycles. The van der Waals surface area contributed by atoms with E-state index in [0.29, 0.717) is 26.9 Å². The molecule has 0 saturated heterocycles. The van der Waals surface area contributed by atoms with Crippen LogP contribution in [0.4, 0.5) is 4.39 Å². The van der Waals surface area contributed by atoms with E-state index in [1.807, 2.05) is 89.2 Å². The zero-order valence-corrected chi connectivity index (χ0v) is 43.5. The van der Waals surface area contributed by atoms with Crippen molar-refractivity contribution in [3.63, 3.8) is 0 Å². The van der Waals surface area contributed by atoms with Crippen LogP contribution < -0.4 is 0 Å². The number of carboxylic acid groups (broad SMARTS) is 1. The Labute approximate surface area is 396 Å². The van der Waals surface area contributed by atoms with E-state index >= 15 is 0 Å². The number of rotatable bonds is 4. The van der Waals surface area contributed by atoms with Gasteiger partial charge in [-0.1, -0.05) is 63.4 Å². The van der Waals surface area contributed by atoms with Crippen molar-refractivity contribution in [2.24, 2.45) is 5.92 Å². The molecule has 4 aliphatic carbocycles. The molecule has 2 N–H and O–H groups in total. The lowest BCUT2D eigenvalue weighted by Gasteiger charge is -2.19. The minimum atomic E-state index is -0.828.